The Kier molecular flexibility index (Phi) is 4.31. The molecule has 2 aliphatic carbocycles. The zero-order chi connectivity index (χ0) is 14.8. The first-order valence-electron chi connectivity index (χ1n) is 7.13. The first kappa shape index (κ1) is 15.2. The largest absolute Gasteiger partial charge is 0.359 e. The van der Waals surface area contributed by atoms with Crippen molar-refractivity contribution < 1.29 is 19.1 Å². The van der Waals surface area contributed by atoms with Gasteiger partial charge in [0, 0.05) is 26.4 Å². The van der Waals surface area contributed by atoms with Crippen molar-refractivity contribution in [1.29, 1.82) is 0 Å². The molecule has 110 valence electrons. The van der Waals surface area contributed by atoms with E-state index in [4.69, 9.17) is 15.9 Å². The molecule has 0 unspecified atom stereocenters. The molecule has 0 bridgehead atoms. The van der Waals surface area contributed by atoms with Gasteiger partial charge in [0.1, 0.15) is 18.4 Å². The molecule has 4 heteroatoms. The molecule has 0 saturated heterocycles. The van der Waals surface area contributed by atoms with Crippen molar-refractivity contribution in [2.24, 2.45) is 10.8 Å². The normalized spacial score (nSPS) is 37.4. The van der Waals surface area contributed by atoms with E-state index in [9.17, 15) is 9.59 Å². The third-order valence-electron chi connectivity index (χ3n) is 5.10. The molecule has 0 N–H and O–H groups in total. The van der Waals surface area contributed by atoms with E-state index in [0.717, 1.165) is 6.42 Å². The van der Waals surface area contributed by atoms with E-state index in [1.807, 2.05) is 6.92 Å². The maximum atomic E-state index is 12.6. The number of hydrogen-bond acceptors (Lipinski definition) is 4. The van der Waals surface area contributed by atoms with Crippen LogP contribution in [0.3, 0.4) is 0 Å². The fourth-order valence-corrected chi connectivity index (χ4v) is 4.04. The van der Waals surface area contributed by atoms with Gasteiger partial charge in [0.05, 0.1) is 16.9 Å². The van der Waals surface area contributed by atoms with E-state index in [-0.39, 0.29) is 24.5 Å². The van der Waals surface area contributed by atoms with Gasteiger partial charge >= 0.3 is 0 Å². The fraction of sp³-hybridized carbons (Fsp3) is 0.750. The Morgan fingerprint density at radius 1 is 1.35 bits per heavy atom. The number of carbonyl (C=O) groups excluding carboxylic acids is 2. The van der Waals surface area contributed by atoms with Crippen LogP contribution in [0, 0.1) is 23.2 Å². The highest BCUT2D eigenvalue weighted by atomic mass is 16.7. The van der Waals surface area contributed by atoms with E-state index < -0.39 is 10.8 Å². The standard InChI is InChI=1S/C16H22O4/c1-4-9-15(2)12(17)7-8-14(20-11-19-3)16(15)10-5-6-13(16)18/h1,14H,5-11H2,2-3H3/t14-,15-,16-/m1/s1. The highest BCUT2D eigenvalue weighted by molar-refractivity contribution is 5.98. The molecule has 0 amide bonds. The van der Waals surface area contributed by atoms with Crippen molar-refractivity contribution in [1.82, 2.24) is 0 Å². The van der Waals surface area contributed by atoms with Gasteiger partial charge in [-0.25, -0.2) is 0 Å². The topological polar surface area (TPSA) is 52.6 Å². The van der Waals surface area contributed by atoms with Gasteiger partial charge in [-0.3, -0.25) is 9.59 Å². The first-order valence-corrected chi connectivity index (χ1v) is 7.13. The molecular weight excluding hydrogens is 256 g/mol. The van der Waals surface area contributed by atoms with E-state index in [0.29, 0.717) is 32.1 Å². The lowest BCUT2D eigenvalue weighted by Crippen LogP contribution is -2.59. The minimum Gasteiger partial charge on any atom is -0.359 e. The quantitative estimate of drug-likeness (QED) is 0.584. The van der Waals surface area contributed by atoms with Crippen LogP contribution in [0.25, 0.3) is 0 Å². The van der Waals surface area contributed by atoms with E-state index in [1.165, 1.54) is 0 Å². The fourth-order valence-electron chi connectivity index (χ4n) is 4.04. The van der Waals surface area contributed by atoms with Gasteiger partial charge < -0.3 is 9.47 Å². The molecule has 3 atom stereocenters. The second-order valence-electron chi connectivity index (χ2n) is 5.98. The van der Waals surface area contributed by atoms with E-state index >= 15 is 0 Å². The smallest absolute Gasteiger partial charge is 0.146 e. The molecule has 0 aromatic rings. The molecule has 4 nitrogen and oxygen atoms in total. The number of methoxy groups -OCH3 is 1. The third-order valence-corrected chi connectivity index (χ3v) is 5.10. The number of terminal acetylenes is 1. The predicted octanol–water partition coefficient (Wildman–Crippen LogP) is 2.11. The summed E-state index contributed by atoms with van der Waals surface area (Å²) in [5.41, 5.74) is -1.56. The van der Waals surface area contributed by atoms with E-state index in [1.54, 1.807) is 7.11 Å². The lowest BCUT2D eigenvalue weighted by molar-refractivity contribution is -0.185. The summed E-state index contributed by atoms with van der Waals surface area (Å²) in [5, 5.41) is 0. The molecule has 0 radical (unpaired) electrons. The van der Waals surface area contributed by atoms with Crippen LogP contribution in [0.1, 0.15) is 45.4 Å². The van der Waals surface area contributed by atoms with Gasteiger partial charge in [0.15, 0.2) is 0 Å². The van der Waals surface area contributed by atoms with Crippen LogP contribution in [0.5, 0.6) is 0 Å². The summed E-state index contributed by atoms with van der Waals surface area (Å²) in [6.45, 7) is 1.99. The van der Waals surface area contributed by atoms with Crippen LogP contribution >= 0.6 is 0 Å². The maximum absolute atomic E-state index is 12.6. The van der Waals surface area contributed by atoms with Gasteiger partial charge in [-0.2, -0.15) is 0 Å². The van der Waals surface area contributed by atoms with Crippen LogP contribution in [0.4, 0.5) is 0 Å². The molecule has 0 aliphatic heterocycles. The van der Waals surface area contributed by atoms with Crippen LogP contribution < -0.4 is 0 Å². The molecule has 2 saturated carbocycles. The molecule has 0 aromatic carbocycles. The zero-order valence-electron chi connectivity index (χ0n) is 12.2. The van der Waals surface area contributed by atoms with Crippen LogP contribution in [-0.4, -0.2) is 31.6 Å². The maximum Gasteiger partial charge on any atom is 0.146 e. The van der Waals surface area contributed by atoms with Crippen molar-refractivity contribution in [3.05, 3.63) is 0 Å². The second-order valence-corrected chi connectivity index (χ2v) is 5.98. The summed E-state index contributed by atoms with van der Waals surface area (Å²) in [4.78, 5) is 25.1. The van der Waals surface area contributed by atoms with Crippen molar-refractivity contribution in [3.63, 3.8) is 0 Å². The zero-order valence-corrected chi connectivity index (χ0v) is 12.2. The van der Waals surface area contributed by atoms with Crippen LogP contribution in [0.2, 0.25) is 0 Å². The molecule has 20 heavy (non-hydrogen) atoms. The van der Waals surface area contributed by atoms with Gasteiger partial charge in [-0.1, -0.05) is 6.92 Å². The Labute approximate surface area is 120 Å². The van der Waals surface area contributed by atoms with Crippen molar-refractivity contribution in [3.8, 4) is 12.3 Å². The highest BCUT2D eigenvalue weighted by Gasteiger charge is 2.64. The van der Waals surface area contributed by atoms with Gasteiger partial charge in [-0.05, 0) is 19.3 Å². The monoisotopic (exact) mass is 278 g/mol. The minimum absolute atomic E-state index is 0.1000. The molecular formula is C16H22O4. The number of Topliss-reactive ketones (excluding diaryl/α,β-unsaturated/α-hetero) is 2. The van der Waals surface area contributed by atoms with Gasteiger partial charge in [-0.15, -0.1) is 12.3 Å². The molecule has 0 aromatic heterocycles. The average molecular weight is 278 g/mol. The highest BCUT2D eigenvalue weighted by Crippen LogP contribution is 2.58. The molecule has 2 aliphatic rings. The van der Waals surface area contributed by atoms with Gasteiger partial charge in [0.2, 0.25) is 0 Å². The van der Waals surface area contributed by atoms with E-state index in [2.05, 4.69) is 5.92 Å². The summed E-state index contributed by atoms with van der Waals surface area (Å²) in [6.07, 6.45) is 8.50. The van der Waals surface area contributed by atoms with Crippen molar-refractivity contribution in [2.75, 3.05) is 13.9 Å². The Morgan fingerprint density at radius 2 is 2.10 bits per heavy atom. The SMILES string of the molecule is C#CC[C@]1(C)C(=O)CC[C@@H](OCOC)[C@]12CCCC2=O. The number of ketones is 2. The number of carbonyl (C=O) groups is 2. The lowest BCUT2D eigenvalue weighted by atomic mass is 9.52. The molecule has 2 fully saturated rings. The third kappa shape index (κ3) is 2.01. The van der Waals surface area contributed by atoms with Gasteiger partial charge in [0.25, 0.3) is 0 Å². The lowest BCUT2D eigenvalue weighted by Gasteiger charge is -2.51. The molecule has 1 spiro atoms. The molecule has 0 heterocycles. The Bertz CT molecular complexity index is 450. The van der Waals surface area contributed by atoms with Crippen LogP contribution in [0.15, 0.2) is 0 Å². The molecule has 2 rings (SSSR count). The summed E-state index contributed by atoms with van der Waals surface area (Å²) < 4.78 is 10.7. The predicted molar refractivity (Wildman–Crippen MR) is 73.8 cm³/mol. The second kappa shape index (κ2) is 5.67. The first-order chi connectivity index (χ1) is 9.53. The number of ether oxygens (including phenoxy) is 2. The van der Waals surface area contributed by atoms with Crippen molar-refractivity contribution >= 4 is 11.6 Å². The summed E-state index contributed by atoms with van der Waals surface area (Å²) in [7, 11) is 1.55. The number of hydrogen-bond donors (Lipinski definition) is 0. The Morgan fingerprint density at radius 3 is 2.65 bits per heavy atom. The van der Waals surface area contributed by atoms with Crippen LogP contribution in [-0.2, 0) is 19.1 Å². The average Bonchev–Trinajstić information content (AvgIpc) is 2.80. The summed E-state index contributed by atoms with van der Waals surface area (Å²) in [6, 6.07) is 0. The van der Waals surface area contributed by atoms with Crippen molar-refractivity contribution in [2.45, 2.75) is 51.6 Å². The summed E-state index contributed by atoms with van der Waals surface area (Å²) >= 11 is 0. The Balaban J connectivity index is 2.44. The summed E-state index contributed by atoms with van der Waals surface area (Å²) in [5.74, 6) is 2.83. The number of rotatable bonds is 4. The Hall–Kier alpha value is -1.18. The minimum atomic E-state index is -0.800.